The molecule has 0 unspecified atom stereocenters. The summed E-state index contributed by atoms with van der Waals surface area (Å²) in [6.07, 6.45) is 3.93. The van der Waals surface area contributed by atoms with E-state index in [1.54, 1.807) is 0 Å². The molecule has 0 amide bonds. The lowest BCUT2D eigenvalue weighted by Gasteiger charge is -2.18. The van der Waals surface area contributed by atoms with Gasteiger partial charge in [0, 0.05) is 6.08 Å². The normalized spacial score (nSPS) is 12.3. The molecule has 106 valence electrons. The summed E-state index contributed by atoms with van der Waals surface area (Å²) < 4.78 is 5.67. The summed E-state index contributed by atoms with van der Waals surface area (Å²) in [7, 11) is 0. The van der Waals surface area contributed by atoms with Crippen LogP contribution in [0.15, 0.2) is 52.9 Å². The van der Waals surface area contributed by atoms with E-state index in [0.717, 1.165) is 16.7 Å². The van der Waals surface area contributed by atoms with E-state index in [4.69, 9.17) is 4.42 Å². The van der Waals surface area contributed by atoms with Crippen LogP contribution in [-0.4, -0.2) is 4.98 Å². The Labute approximate surface area is 125 Å². The fourth-order valence-corrected chi connectivity index (χ4v) is 2.22. The van der Waals surface area contributed by atoms with Crippen LogP contribution in [0, 0.1) is 0 Å². The summed E-state index contributed by atoms with van der Waals surface area (Å²) in [6.45, 7) is 6.66. The minimum atomic E-state index is 0.183. The van der Waals surface area contributed by atoms with Crippen molar-refractivity contribution >= 4 is 23.3 Å². The molecule has 0 saturated carbocycles. The van der Waals surface area contributed by atoms with Gasteiger partial charge in [0.1, 0.15) is 5.52 Å². The Bertz CT molecular complexity index is 740. The maximum Gasteiger partial charge on any atom is 0.220 e. The molecule has 0 spiro atoms. The van der Waals surface area contributed by atoms with Crippen molar-refractivity contribution in [3.63, 3.8) is 0 Å². The molecule has 0 bridgehead atoms. The lowest BCUT2D eigenvalue weighted by atomic mass is 9.87. The Kier molecular flexibility index (Phi) is 3.38. The summed E-state index contributed by atoms with van der Waals surface area (Å²) in [6, 6.07) is 16.4. The van der Waals surface area contributed by atoms with Gasteiger partial charge in [-0.1, -0.05) is 57.2 Å². The predicted molar refractivity (Wildman–Crippen MR) is 88.1 cm³/mol. The molecule has 3 aromatic rings. The Balaban J connectivity index is 1.82. The Morgan fingerprint density at radius 1 is 0.905 bits per heavy atom. The Hall–Kier alpha value is -2.35. The minimum absolute atomic E-state index is 0.183. The van der Waals surface area contributed by atoms with Crippen LogP contribution in [0.3, 0.4) is 0 Å². The standard InChI is InChI=1S/C19H19NO/c1-19(2,3)15-11-8-14(9-12-15)10-13-18-20-16-6-4-5-7-17(16)21-18/h4-13H,1-3H3. The number of nitrogens with zero attached hydrogens (tertiary/aromatic N) is 1. The first-order valence-electron chi connectivity index (χ1n) is 7.16. The van der Waals surface area contributed by atoms with Gasteiger partial charge in [-0.15, -0.1) is 0 Å². The molecule has 2 aromatic carbocycles. The smallest absolute Gasteiger partial charge is 0.220 e. The number of rotatable bonds is 2. The van der Waals surface area contributed by atoms with E-state index in [2.05, 4.69) is 50.0 Å². The minimum Gasteiger partial charge on any atom is -0.437 e. The molecule has 0 saturated heterocycles. The number of benzene rings is 2. The summed E-state index contributed by atoms with van der Waals surface area (Å²) in [5, 5.41) is 0. The van der Waals surface area contributed by atoms with Gasteiger partial charge < -0.3 is 4.42 Å². The van der Waals surface area contributed by atoms with Crippen LogP contribution in [-0.2, 0) is 5.41 Å². The molecule has 2 nitrogen and oxygen atoms in total. The van der Waals surface area contributed by atoms with Crippen LogP contribution in [0.4, 0.5) is 0 Å². The van der Waals surface area contributed by atoms with Crippen LogP contribution in [0.2, 0.25) is 0 Å². The highest BCUT2D eigenvalue weighted by atomic mass is 16.3. The van der Waals surface area contributed by atoms with Crippen LogP contribution in [0.25, 0.3) is 23.3 Å². The van der Waals surface area contributed by atoms with Crippen LogP contribution < -0.4 is 0 Å². The molecule has 1 heterocycles. The maximum atomic E-state index is 5.67. The fourth-order valence-electron chi connectivity index (χ4n) is 2.22. The third-order valence-electron chi connectivity index (χ3n) is 3.51. The van der Waals surface area contributed by atoms with E-state index >= 15 is 0 Å². The quantitative estimate of drug-likeness (QED) is 0.635. The van der Waals surface area contributed by atoms with E-state index in [1.165, 1.54) is 5.56 Å². The first kappa shape index (κ1) is 13.6. The van der Waals surface area contributed by atoms with Gasteiger partial charge in [0.25, 0.3) is 0 Å². The number of aromatic nitrogens is 1. The molecule has 0 atom stereocenters. The molecular formula is C19H19NO. The van der Waals surface area contributed by atoms with Gasteiger partial charge in [-0.3, -0.25) is 0 Å². The predicted octanol–water partition coefficient (Wildman–Crippen LogP) is 5.30. The van der Waals surface area contributed by atoms with Gasteiger partial charge in [0.05, 0.1) is 0 Å². The highest BCUT2D eigenvalue weighted by molar-refractivity contribution is 5.75. The van der Waals surface area contributed by atoms with E-state index in [1.807, 2.05) is 36.4 Å². The van der Waals surface area contributed by atoms with Crippen molar-refractivity contribution in [2.24, 2.45) is 0 Å². The summed E-state index contributed by atoms with van der Waals surface area (Å²) in [5.74, 6) is 0.635. The monoisotopic (exact) mass is 277 g/mol. The zero-order chi connectivity index (χ0) is 14.9. The average molecular weight is 277 g/mol. The molecule has 0 radical (unpaired) electrons. The fraction of sp³-hybridized carbons (Fsp3) is 0.211. The first-order valence-corrected chi connectivity index (χ1v) is 7.16. The van der Waals surface area contributed by atoms with Crippen molar-refractivity contribution in [3.8, 4) is 0 Å². The van der Waals surface area contributed by atoms with Crippen molar-refractivity contribution in [1.29, 1.82) is 0 Å². The van der Waals surface area contributed by atoms with E-state index in [0.29, 0.717) is 5.89 Å². The summed E-state index contributed by atoms with van der Waals surface area (Å²) in [4.78, 5) is 4.43. The second kappa shape index (κ2) is 5.21. The highest BCUT2D eigenvalue weighted by Gasteiger charge is 2.12. The molecule has 21 heavy (non-hydrogen) atoms. The number of oxazole rings is 1. The molecule has 0 fully saturated rings. The largest absolute Gasteiger partial charge is 0.437 e. The van der Waals surface area contributed by atoms with Crippen molar-refractivity contribution in [2.75, 3.05) is 0 Å². The number of fused-ring (bicyclic) bond motifs is 1. The van der Waals surface area contributed by atoms with Crippen molar-refractivity contribution < 1.29 is 4.42 Å². The summed E-state index contributed by atoms with van der Waals surface area (Å²) >= 11 is 0. The zero-order valence-corrected chi connectivity index (χ0v) is 12.6. The third kappa shape index (κ3) is 3.05. The van der Waals surface area contributed by atoms with Gasteiger partial charge >= 0.3 is 0 Å². The maximum absolute atomic E-state index is 5.67. The molecule has 0 aliphatic rings. The molecule has 0 aliphatic heterocycles. The first-order chi connectivity index (χ1) is 10.0. The molecule has 0 aliphatic carbocycles. The van der Waals surface area contributed by atoms with Crippen molar-refractivity contribution in [1.82, 2.24) is 4.98 Å². The summed E-state index contributed by atoms with van der Waals surface area (Å²) in [5.41, 5.74) is 4.37. The van der Waals surface area contributed by atoms with Gasteiger partial charge in [-0.05, 0) is 34.8 Å². The second-order valence-electron chi connectivity index (χ2n) is 6.23. The third-order valence-corrected chi connectivity index (χ3v) is 3.51. The van der Waals surface area contributed by atoms with Gasteiger partial charge in [-0.25, -0.2) is 4.98 Å². The molecule has 0 N–H and O–H groups in total. The van der Waals surface area contributed by atoms with Crippen LogP contribution in [0.1, 0.15) is 37.8 Å². The molecule has 3 rings (SSSR count). The van der Waals surface area contributed by atoms with Gasteiger partial charge in [-0.2, -0.15) is 0 Å². The SMILES string of the molecule is CC(C)(C)c1ccc(C=Cc2nc3ccccc3o2)cc1. The molecule has 1 aromatic heterocycles. The lowest BCUT2D eigenvalue weighted by molar-refractivity contribution is 0.589. The zero-order valence-electron chi connectivity index (χ0n) is 12.6. The number of hydrogen-bond acceptors (Lipinski definition) is 2. The topological polar surface area (TPSA) is 26.0 Å². The van der Waals surface area contributed by atoms with Gasteiger partial charge in [0.2, 0.25) is 5.89 Å². The average Bonchev–Trinajstić information content (AvgIpc) is 2.87. The van der Waals surface area contributed by atoms with Crippen LogP contribution in [0.5, 0.6) is 0 Å². The number of para-hydroxylation sites is 2. The number of hydrogen-bond donors (Lipinski definition) is 0. The van der Waals surface area contributed by atoms with E-state index < -0.39 is 0 Å². The van der Waals surface area contributed by atoms with Crippen molar-refractivity contribution in [3.05, 3.63) is 65.5 Å². The van der Waals surface area contributed by atoms with E-state index in [-0.39, 0.29) is 5.41 Å². The highest BCUT2D eigenvalue weighted by Crippen LogP contribution is 2.23. The second-order valence-corrected chi connectivity index (χ2v) is 6.23. The molecule has 2 heteroatoms. The Morgan fingerprint density at radius 2 is 1.62 bits per heavy atom. The Morgan fingerprint density at radius 3 is 2.29 bits per heavy atom. The molecular weight excluding hydrogens is 258 g/mol. The van der Waals surface area contributed by atoms with E-state index in [9.17, 15) is 0 Å². The van der Waals surface area contributed by atoms with Crippen LogP contribution >= 0.6 is 0 Å². The van der Waals surface area contributed by atoms with Crippen molar-refractivity contribution in [2.45, 2.75) is 26.2 Å². The van der Waals surface area contributed by atoms with Gasteiger partial charge in [0.15, 0.2) is 5.58 Å². The lowest BCUT2D eigenvalue weighted by Crippen LogP contribution is -2.10.